The highest BCUT2D eigenvalue weighted by Crippen LogP contribution is 2.45. The first-order chi connectivity index (χ1) is 31.7. The van der Waals surface area contributed by atoms with Gasteiger partial charge >= 0.3 is 0 Å². The Kier molecular flexibility index (Phi) is 9.34. The zero-order valence-electron chi connectivity index (χ0n) is 35.3. The first-order valence-electron chi connectivity index (χ1n) is 22.2. The Bertz CT molecular complexity index is 3370. The minimum absolute atomic E-state index is 0.765. The van der Waals surface area contributed by atoms with Gasteiger partial charge in [-0.1, -0.05) is 194 Å². The third-order valence-corrected chi connectivity index (χ3v) is 13.1. The second-order valence-electron chi connectivity index (χ2n) is 16.8. The molecule has 0 saturated heterocycles. The van der Waals surface area contributed by atoms with Gasteiger partial charge in [0.2, 0.25) is 0 Å². The Balaban J connectivity index is 0.980. The molecule has 0 bridgehead atoms. The molecule has 0 amide bonds. The number of hydrogen-bond donors (Lipinski definition) is 0. The van der Waals surface area contributed by atoms with E-state index >= 15 is 0 Å². The van der Waals surface area contributed by atoms with Gasteiger partial charge < -0.3 is 9.32 Å². The summed E-state index contributed by atoms with van der Waals surface area (Å²) in [6.07, 6.45) is 1.56. The van der Waals surface area contributed by atoms with Crippen LogP contribution < -0.4 is 4.90 Å². The van der Waals surface area contributed by atoms with E-state index in [9.17, 15) is 0 Å². The van der Waals surface area contributed by atoms with Crippen LogP contribution in [0.2, 0.25) is 0 Å². The summed E-state index contributed by atoms with van der Waals surface area (Å²) in [4.78, 5) is 2.36. The van der Waals surface area contributed by atoms with Crippen LogP contribution in [0.25, 0.3) is 77.6 Å². The van der Waals surface area contributed by atoms with Gasteiger partial charge in [0.15, 0.2) is 0 Å². The Hall–Kier alpha value is -8.20. The topological polar surface area (TPSA) is 16.4 Å². The van der Waals surface area contributed by atoms with E-state index < -0.39 is 0 Å². The molecule has 0 spiro atoms. The zero-order chi connectivity index (χ0) is 42.4. The van der Waals surface area contributed by atoms with Crippen LogP contribution in [0, 0.1) is 0 Å². The van der Waals surface area contributed by atoms with Crippen LogP contribution in [-0.4, -0.2) is 0 Å². The van der Waals surface area contributed by atoms with Gasteiger partial charge in [0.25, 0.3) is 0 Å². The van der Waals surface area contributed by atoms with E-state index in [0.29, 0.717) is 0 Å². The monoisotopic (exact) mass is 817 g/mol. The van der Waals surface area contributed by atoms with Gasteiger partial charge in [0.05, 0.1) is 0 Å². The molecule has 0 atom stereocenters. The summed E-state index contributed by atoms with van der Waals surface area (Å²) in [6, 6.07) is 86.0. The molecule has 2 heteroatoms. The maximum absolute atomic E-state index is 6.77. The first kappa shape index (κ1) is 37.6. The molecule has 0 saturated carbocycles. The number of benzene rings is 10. The highest BCUT2D eigenvalue weighted by Gasteiger charge is 2.24. The second-order valence-corrected chi connectivity index (χ2v) is 16.8. The maximum atomic E-state index is 6.77. The molecule has 1 aliphatic carbocycles. The summed E-state index contributed by atoms with van der Waals surface area (Å²) in [5.41, 5.74) is 22.6. The molecule has 0 aliphatic heterocycles. The van der Waals surface area contributed by atoms with Crippen molar-refractivity contribution >= 4 is 39.0 Å². The molecule has 0 N–H and O–H groups in total. The number of furan rings is 1. The standard InChI is InChI=1S/C62H43NO/c1-3-14-42(15-4-1)44-26-33-50(34-27-44)63(51-35-28-45(29-36-51)43-16-5-2-6-17-43)52-37-30-46(31-38-52)53-23-13-24-56-54-20-9-7-18-47(54)40-49-32-39-58-57-22-11-12-25-60(57)64-62(58)61(49)55-21-10-8-19-48(55)41-59(53)56/h1-39H,40-41H2. The van der Waals surface area contributed by atoms with Crippen molar-refractivity contribution in [2.24, 2.45) is 0 Å². The Labute approximate surface area is 374 Å². The van der Waals surface area contributed by atoms with Crippen LogP contribution in [0.5, 0.6) is 0 Å². The van der Waals surface area contributed by atoms with Gasteiger partial charge in [-0.05, 0) is 128 Å². The van der Waals surface area contributed by atoms with E-state index in [1.165, 1.54) is 77.9 Å². The maximum Gasteiger partial charge on any atom is 0.143 e. The summed E-state index contributed by atoms with van der Waals surface area (Å²) in [5.74, 6) is 0. The second kappa shape index (κ2) is 15.9. The van der Waals surface area contributed by atoms with E-state index in [1.54, 1.807) is 0 Å². The molecule has 2 nitrogen and oxygen atoms in total. The molecule has 11 aromatic rings. The SMILES string of the molecule is c1ccc(-c2ccc(N(c3ccc(-c4ccccc4)cc3)c3ccc(-c4cccc5c4Cc4ccccc4-c4c(ccc6c4oc4ccccc46)Cc4ccccc4-5)cc3)cc2)cc1. The van der Waals surface area contributed by atoms with Crippen LogP contribution >= 0.6 is 0 Å². The Morgan fingerprint density at radius 2 is 0.781 bits per heavy atom. The summed E-state index contributed by atoms with van der Waals surface area (Å²) in [5, 5.41) is 2.31. The Morgan fingerprint density at radius 3 is 1.42 bits per heavy atom. The number of anilines is 3. The molecule has 0 unspecified atom stereocenters. The number of rotatable bonds is 6. The fourth-order valence-electron chi connectivity index (χ4n) is 9.93. The van der Waals surface area contributed by atoms with Crippen LogP contribution in [0.3, 0.4) is 0 Å². The average molecular weight is 818 g/mol. The van der Waals surface area contributed by atoms with Crippen molar-refractivity contribution in [2.45, 2.75) is 12.8 Å². The summed E-state index contributed by atoms with van der Waals surface area (Å²) < 4.78 is 6.77. The van der Waals surface area contributed by atoms with Gasteiger partial charge in [0, 0.05) is 33.4 Å². The highest BCUT2D eigenvalue weighted by atomic mass is 16.3. The fraction of sp³-hybridized carbons (Fsp3) is 0.0323. The van der Waals surface area contributed by atoms with Gasteiger partial charge in [-0.3, -0.25) is 0 Å². The lowest BCUT2D eigenvalue weighted by Crippen LogP contribution is -2.10. The number of hydrogen-bond acceptors (Lipinski definition) is 2. The van der Waals surface area contributed by atoms with Crippen molar-refractivity contribution in [2.75, 3.05) is 4.90 Å². The summed E-state index contributed by atoms with van der Waals surface area (Å²) in [6.45, 7) is 0. The minimum atomic E-state index is 0.765. The van der Waals surface area contributed by atoms with Crippen molar-refractivity contribution in [1.82, 2.24) is 0 Å². The average Bonchev–Trinajstić information content (AvgIpc) is 3.75. The van der Waals surface area contributed by atoms with Crippen molar-refractivity contribution in [3.8, 4) is 55.6 Å². The van der Waals surface area contributed by atoms with Crippen LogP contribution in [0.15, 0.2) is 241 Å². The van der Waals surface area contributed by atoms with Crippen molar-refractivity contribution in [3.05, 3.63) is 259 Å². The predicted molar refractivity (Wildman–Crippen MR) is 268 cm³/mol. The lowest BCUT2D eigenvalue weighted by atomic mass is 9.81. The minimum Gasteiger partial charge on any atom is -0.455 e. The molecule has 1 aliphatic rings. The summed E-state index contributed by atoms with van der Waals surface area (Å²) in [7, 11) is 0. The highest BCUT2D eigenvalue weighted by molar-refractivity contribution is 6.10. The van der Waals surface area contributed by atoms with E-state index in [-0.39, 0.29) is 0 Å². The Morgan fingerprint density at radius 1 is 0.297 bits per heavy atom. The lowest BCUT2D eigenvalue weighted by molar-refractivity contribution is 0.669. The van der Waals surface area contributed by atoms with Gasteiger partial charge in [-0.25, -0.2) is 0 Å². The number of fused-ring (bicyclic) bond motifs is 10. The lowest BCUT2D eigenvalue weighted by Gasteiger charge is -2.26. The molecule has 1 aromatic heterocycles. The number of nitrogens with zero attached hydrogens (tertiary/aromatic N) is 1. The molecular formula is C62H43NO. The normalized spacial score (nSPS) is 11.9. The van der Waals surface area contributed by atoms with E-state index in [4.69, 9.17) is 4.42 Å². The molecule has 0 fully saturated rings. The van der Waals surface area contributed by atoms with E-state index in [1.807, 2.05) is 0 Å². The molecule has 10 aromatic carbocycles. The van der Waals surface area contributed by atoms with E-state index in [2.05, 4.69) is 241 Å². The molecule has 0 radical (unpaired) electrons. The van der Waals surface area contributed by atoms with Crippen molar-refractivity contribution in [3.63, 3.8) is 0 Å². The molecule has 302 valence electrons. The molecule has 12 rings (SSSR count). The zero-order valence-corrected chi connectivity index (χ0v) is 35.3. The third kappa shape index (κ3) is 6.68. The van der Waals surface area contributed by atoms with Gasteiger partial charge in [0.1, 0.15) is 11.2 Å². The molecular weight excluding hydrogens is 775 g/mol. The third-order valence-electron chi connectivity index (χ3n) is 13.1. The van der Waals surface area contributed by atoms with Crippen LogP contribution in [-0.2, 0) is 12.8 Å². The van der Waals surface area contributed by atoms with Crippen LogP contribution in [0.1, 0.15) is 22.3 Å². The first-order valence-corrected chi connectivity index (χ1v) is 22.2. The smallest absolute Gasteiger partial charge is 0.143 e. The fourth-order valence-corrected chi connectivity index (χ4v) is 9.93. The predicted octanol–water partition coefficient (Wildman–Crippen LogP) is 16.9. The quantitative estimate of drug-likeness (QED) is 0.166. The van der Waals surface area contributed by atoms with E-state index in [0.717, 1.165) is 51.8 Å². The van der Waals surface area contributed by atoms with Gasteiger partial charge in [-0.2, -0.15) is 0 Å². The molecule has 1 heterocycles. The molecule has 64 heavy (non-hydrogen) atoms. The van der Waals surface area contributed by atoms with Crippen LogP contribution in [0.4, 0.5) is 17.1 Å². The van der Waals surface area contributed by atoms with Gasteiger partial charge in [-0.15, -0.1) is 0 Å². The van der Waals surface area contributed by atoms with Crippen molar-refractivity contribution < 1.29 is 4.42 Å². The largest absolute Gasteiger partial charge is 0.455 e. The number of para-hydroxylation sites is 1. The van der Waals surface area contributed by atoms with Crippen molar-refractivity contribution in [1.29, 1.82) is 0 Å². The summed E-state index contributed by atoms with van der Waals surface area (Å²) >= 11 is 0.